The molecule has 10 aromatic carbocycles. The highest BCUT2D eigenvalue weighted by Gasteiger charge is 2.31. The Morgan fingerprint density at radius 1 is 0.351 bits per heavy atom. The fourth-order valence-electron chi connectivity index (χ4n) is 13.9. The van der Waals surface area contributed by atoms with Crippen molar-refractivity contribution in [1.29, 1.82) is 0 Å². The summed E-state index contributed by atoms with van der Waals surface area (Å²) >= 11 is 0. The fraction of sp³-hybridized carbons (Fsp3) is 0.257. The Balaban J connectivity index is 1.07. The van der Waals surface area contributed by atoms with E-state index in [1.54, 1.807) is 0 Å². The molecule has 0 radical (unpaired) electrons. The van der Waals surface area contributed by atoms with Crippen LogP contribution in [-0.2, 0) is 0 Å². The summed E-state index contributed by atoms with van der Waals surface area (Å²) in [4.78, 5) is 5.05. The van der Waals surface area contributed by atoms with Gasteiger partial charge < -0.3 is 18.6 Å². The van der Waals surface area contributed by atoms with E-state index < -0.39 is 0 Å². The van der Waals surface area contributed by atoms with Gasteiger partial charge in [-0.05, 0) is 155 Å². The maximum atomic E-state index is 7.30. The molecule has 2 saturated carbocycles. The van der Waals surface area contributed by atoms with Crippen LogP contribution in [0.3, 0.4) is 0 Å². The van der Waals surface area contributed by atoms with Crippen LogP contribution in [0.4, 0.5) is 34.1 Å². The Morgan fingerprint density at radius 3 is 1.09 bits per heavy atom. The van der Waals surface area contributed by atoms with Crippen molar-refractivity contribution < 1.29 is 8.83 Å². The molecule has 2 aliphatic rings. The molecule has 14 rings (SSSR count). The number of para-hydroxylation sites is 6. The number of hydrogen-bond donors (Lipinski definition) is 0. The summed E-state index contributed by atoms with van der Waals surface area (Å²) < 4.78 is 14.6. The largest absolute Gasteiger partial charge is 0.454 e. The standard InChI is InChI=1S/C70H64N2O2/c1-41(2)57-39-63(71(59-31-13-7-19-43(59)5)61-33-17-29-53-51-27-15-25-47(45-21-9-10-22-45)67(51)73-69(53)61)55-38-36-50-58(42(3)4)40-64(56-37-35-49(57)65(55)66(50)56)72(60-32-14-8-20-44(60)6)62-34-18-30-54-52-28-16-26-48(46-23-11-12-24-46)68(52)74-70(54)62/h7-8,13-20,25-42,45-46H,9-12,21-24H2,1-6H3. The molecule has 366 valence electrons. The Labute approximate surface area is 434 Å². The van der Waals surface area contributed by atoms with E-state index in [2.05, 4.69) is 209 Å². The molecule has 0 aliphatic heterocycles. The van der Waals surface area contributed by atoms with Gasteiger partial charge in [0.2, 0.25) is 0 Å². The Kier molecular flexibility index (Phi) is 10.7. The first-order chi connectivity index (χ1) is 36.2. The van der Waals surface area contributed by atoms with Gasteiger partial charge in [0.1, 0.15) is 11.2 Å². The zero-order valence-corrected chi connectivity index (χ0v) is 43.7. The lowest BCUT2D eigenvalue weighted by atomic mass is 9.84. The maximum Gasteiger partial charge on any atom is 0.159 e. The third kappa shape index (κ3) is 6.86. The smallest absolute Gasteiger partial charge is 0.159 e. The second-order valence-electron chi connectivity index (χ2n) is 22.5. The van der Waals surface area contributed by atoms with Crippen LogP contribution in [0.15, 0.2) is 167 Å². The van der Waals surface area contributed by atoms with Gasteiger partial charge in [-0.25, -0.2) is 0 Å². The molecule has 4 heteroatoms. The normalized spacial score (nSPS) is 14.9. The number of benzene rings is 10. The van der Waals surface area contributed by atoms with Gasteiger partial charge in [-0.15, -0.1) is 0 Å². The molecule has 0 N–H and O–H groups in total. The average Bonchev–Trinajstić information content (AvgIpc) is 4.29. The summed E-state index contributed by atoms with van der Waals surface area (Å²) in [7, 11) is 0. The summed E-state index contributed by atoms with van der Waals surface area (Å²) in [5.41, 5.74) is 18.5. The van der Waals surface area contributed by atoms with E-state index in [1.807, 2.05) is 0 Å². The van der Waals surface area contributed by atoms with Gasteiger partial charge in [0, 0.05) is 43.7 Å². The molecule has 0 bridgehead atoms. The molecule has 2 aromatic heterocycles. The molecule has 74 heavy (non-hydrogen) atoms. The summed E-state index contributed by atoms with van der Waals surface area (Å²) in [5.74, 6) is 1.56. The molecule has 0 atom stereocenters. The maximum absolute atomic E-state index is 7.30. The first kappa shape index (κ1) is 45.1. The summed E-state index contributed by atoms with van der Waals surface area (Å²) in [6.07, 6.45) is 10.0. The predicted molar refractivity (Wildman–Crippen MR) is 314 cm³/mol. The quantitative estimate of drug-likeness (QED) is 0.128. The lowest BCUT2D eigenvalue weighted by molar-refractivity contribution is 0.643. The topological polar surface area (TPSA) is 32.8 Å². The molecule has 0 spiro atoms. The molecule has 0 saturated heterocycles. The average molecular weight is 965 g/mol. The van der Waals surface area contributed by atoms with Crippen LogP contribution in [0.2, 0.25) is 0 Å². The molecule has 2 fully saturated rings. The lowest BCUT2D eigenvalue weighted by Gasteiger charge is -2.32. The second-order valence-corrected chi connectivity index (χ2v) is 22.5. The van der Waals surface area contributed by atoms with Crippen molar-refractivity contribution in [2.75, 3.05) is 9.80 Å². The minimum Gasteiger partial charge on any atom is -0.454 e. The Hall–Kier alpha value is -7.56. The molecule has 2 heterocycles. The van der Waals surface area contributed by atoms with E-state index >= 15 is 0 Å². The SMILES string of the molecule is Cc1ccccc1N(c1cc(C(C)C)c2ccc3c(N(c4ccccc4C)c4cccc5c4oc4c(C6CCCC6)cccc45)cc(C(C)C)c4ccc1c2c43)c1cccc2c1oc1c(C3CCCC3)cccc12. The highest BCUT2D eigenvalue weighted by molar-refractivity contribution is 6.30. The predicted octanol–water partition coefficient (Wildman–Crippen LogP) is 21.5. The molecule has 4 nitrogen and oxygen atoms in total. The van der Waals surface area contributed by atoms with Gasteiger partial charge in [0.25, 0.3) is 0 Å². The molecular formula is C70H64N2O2. The third-order valence-electron chi connectivity index (χ3n) is 17.5. The van der Waals surface area contributed by atoms with Gasteiger partial charge >= 0.3 is 0 Å². The molecule has 0 amide bonds. The summed E-state index contributed by atoms with van der Waals surface area (Å²) in [6, 6.07) is 59.7. The van der Waals surface area contributed by atoms with Crippen LogP contribution < -0.4 is 9.80 Å². The van der Waals surface area contributed by atoms with Gasteiger partial charge in [0.05, 0.1) is 22.7 Å². The van der Waals surface area contributed by atoms with Crippen LogP contribution in [-0.4, -0.2) is 0 Å². The molecule has 12 aromatic rings. The minimum absolute atomic E-state index is 0.250. The fourth-order valence-corrected chi connectivity index (χ4v) is 13.9. The van der Waals surface area contributed by atoms with Gasteiger partial charge in [-0.3, -0.25) is 0 Å². The van der Waals surface area contributed by atoms with Crippen LogP contribution >= 0.6 is 0 Å². The van der Waals surface area contributed by atoms with Crippen molar-refractivity contribution in [2.45, 2.75) is 117 Å². The first-order valence-corrected chi connectivity index (χ1v) is 27.6. The van der Waals surface area contributed by atoms with E-state index in [9.17, 15) is 0 Å². The summed E-state index contributed by atoms with van der Waals surface area (Å²) in [5, 5.41) is 12.4. The highest BCUT2D eigenvalue weighted by Crippen LogP contribution is 2.54. The molecule has 2 aliphatic carbocycles. The van der Waals surface area contributed by atoms with Crippen molar-refractivity contribution in [3.05, 3.63) is 191 Å². The zero-order valence-electron chi connectivity index (χ0n) is 43.7. The van der Waals surface area contributed by atoms with Crippen molar-refractivity contribution in [3.8, 4) is 0 Å². The number of anilines is 6. The van der Waals surface area contributed by atoms with E-state index in [0.717, 1.165) is 67.2 Å². The van der Waals surface area contributed by atoms with Gasteiger partial charge in [-0.2, -0.15) is 0 Å². The third-order valence-corrected chi connectivity index (χ3v) is 17.5. The number of hydrogen-bond acceptors (Lipinski definition) is 4. The second kappa shape index (κ2) is 17.5. The number of rotatable bonds is 10. The van der Waals surface area contributed by atoms with E-state index in [-0.39, 0.29) is 11.8 Å². The first-order valence-electron chi connectivity index (χ1n) is 27.6. The van der Waals surface area contributed by atoms with E-state index in [4.69, 9.17) is 8.83 Å². The highest BCUT2D eigenvalue weighted by atomic mass is 16.3. The van der Waals surface area contributed by atoms with Crippen molar-refractivity contribution in [1.82, 2.24) is 0 Å². The minimum atomic E-state index is 0.250. The van der Waals surface area contributed by atoms with Crippen LogP contribution in [0.1, 0.15) is 136 Å². The molecule has 0 unspecified atom stereocenters. The zero-order chi connectivity index (χ0) is 49.9. The van der Waals surface area contributed by atoms with Gasteiger partial charge in [0.15, 0.2) is 11.2 Å². The van der Waals surface area contributed by atoms with E-state index in [0.29, 0.717) is 11.8 Å². The Morgan fingerprint density at radius 2 is 0.703 bits per heavy atom. The van der Waals surface area contributed by atoms with Gasteiger partial charge in [-0.1, -0.05) is 175 Å². The lowest BCUT2D eigenvalue weighted by Crippen LogP contribution is -2.14. The number of furan rings is 2. The number of aryl methyl sites for hydroxylation is 2. The van der Waals surface area contributed by atoms with E-state index in [1.165, 1.54) is 128 Å². The van der Waals surface area contributed by atoms with Crippen molar-refractivity contribution >= 4 is 110 Å². The number of nitrogens with zero attached hydrogens (tertiary/aromatic N) is 2. The molecular weight excluding hydrogens is 901 g/mol. The number of fused-ring (bicyclic) bond motifs is 6. The van der Waals surface area contributed by atoms with Crippen molar-refractivity contribution in [3.63, 3.8) is 0 Å². The van der Waals surface area contributed by atoms with Crippen LogP contribution in [0, 0.1) is 13.8 Å². The van der Waals surface area contributed by atoms with Crippen LogP contribution in [0.25, 0.3) is 76.2 Å². The van der Waals surface area contributed by atoms with Crippen LogP contribution in [0.5, 0.6) is 0 Å². The Bertz CT molecular complexity index is 3890. The monoisotopic (exact) mass is 964 g/mol. The summed E-state index contributed by atoms with van der Waals surface area (Å²) in [6.45, 7) is 13.9. The van der Waals surface area contributed by atoms with Crippen molar-refractivity contribution in [2.24, 2.45) is 0 Å².